The van der Waals surface area contributed by atoms with Crippen molar-refractivity contribution in [3.05, 3.63) is 111 Å². The first-order chi connectivity index (χ1) is 17.4. The van der Waals surface area contributed by atoms with E-state index in [4.69, 9.17) is 11.6 Å². The third-order valence-electron chi connectivity index (χ3n) is 6.39. The maximum atomic E-state index is 13.5. The van der Waals surface area contributed by atoms with Crippen molar-refractivity contribution in [2.24, 2.45) is 7.05 Å². The summed E-state index contributed by atoms with van der Waals surface area (Å²) in [4.78, 5) is 33.8. The lowest BCUT2D eigenvalue weighted by Crippen LogP contribution is -2.33. The van der Waals surface area contributed by atoms with Crippen molar-refractivity contribution < 1.29 is 0 Å². The molecule has 0 bridgehead atoms. The standard InChI is InChI=1S/C28H20ClN5O2/c1-16-22(15-33(2)32-16)20-8-5-9-23(29)26(20)17-10-11-21-24(12-17)31-28(36)34(27(21)35)25-14-30-13-18-6-3-4-7-19(18)25/h3-15H,1-2H3,(H,31,36). The smallest absolute Gasteiger partial charge is 0.306 e. The number of hydrogen-bond acceptors (Lipinski definition) is 4. The second kappa shape index (κ2) is 8.32. The van der Waals surface area contributed by atoms with E-state index in [9.17, 15) is 9.59 Å². The first-order valence-electron chi connectivity index (χ1n) is 11.3. The minimum atomic E-state index is -0.537. The Hall–Kier alpha value is -4.49. The van der Waals surface area contributed by atoms with Crippen molar-refractivity contribution in [2.45, 2.75) is 6.92 Å². The number of fused-ring (bicyclic) bond motifs is 2. The van der Waals surface area contributed by atoms with Gasteiger partial charge in [-0.15, -0.1) is 0 Å². The molecule has 0 saturated heterocycles. The number of aromatic amines is 1. The Kier molecular flexibility index (Phi) is 5.09. The van der Waals surface area contributed by atoms with Crippen LogP contribution >= 0.6 is 11.6 Å². The average molecular weight is 494 g/mol. The van der Waals surface area contributed by atoms with Crippen LogP contribution < -0.4 is 11.2 Å². The van der Waals surface area contributed by atoms with E-state index in [1.54, 1.807) is 23.0 Å². The molecular formula is C28H20ClN5O2. The zero-order valence-electron chi connectivity index (χ0n) is 19.5. The molecule has 176 valence electrons. The zero-order valence-corrected chi connectivity index (χ0v) is 20.2. The second-order valence-electron chi connectivity index (χ2n) is 8.68. The van der Waals surface area contributed by atoms with E-state index in [1.807, 2.05) is 68.7 Å². The van der Waals surface area contributed by atoms with E-state index in [0.717, 1.165) is 43.3 Å². The molecule has 0 radical (unpaired) electrons. The van der Waals surface area contributed by atoms with Gasteiger partial charge in [-0.05, 0) is 36.2 Å². The maximum absolute atomic E-state index is 13.5. The van der Waals surface area contributed by atoms with Gasteiger partial charge in [-0.3, -0.25) is 14.5 Å². The summed E-state index contributed by atoms with van der Waals surface area (Å²) in [5, 5.41) is 7.02. The molecule has 0 unspecified atom stereocenters. The van der Waals surface area contributed by atoms with Gasteiger partial charge in [0.1, 0.15) is 0 Å². The molecule has 6 rings (SSSR count). The fourth-order valence-corrected chi connectivity index (χ4v) is 5.06. The molecule has 3 aromatic heterocycles. The third kappa shape index (κ3) is 3.44. The lowest BCUT2D eigenvalue weighted by molar-refractivity contribution is 0.756. The highest BCUT2D eigenvalue weighted by Gasteiger charge is 2.17. The number of pyridine rings is 1. The summed E-state index contributed by atoms with van der Waals surface area (Å²) in [6.45, 7) is 1.95. The zero-order chi connectivity index (χ0) is 25.0. The van der Waals surface area contributed by atoms with Crippen LogP contribution in [0, 0.1) is 6.92 Å². The molecule has 7 nitrogen and oxygen atoms in total. The maximum Gasteiger partial charge on any atom is 0.333 e. The number of aromatic nitrogens is 5. The number of nitrogens with one attached hydrogen (secondary N) is 1. The Morgan fingerprint density at radius 1 is 0.917 bits per heavy atom. The van der Waals surface area contributed by atoms with Gasteiger partial charge in [0.15, 0.2) is 0 Å². The van der Waals surface area contributed by atoms with Gasteiger partial charge in [-0.25, -0.2) is 9.36 Å². The van der Waals surface area contributed by atoms with Gasteiger partial charge < -0.3 is 4.98 Å². The van der Waals surface area contributed by atoms with Crippen LogP contribution in [0.4, 0.5) is 0 Å². The van der Waals surface area contributed by atoms with E-state index >= 15 is 0 Å². The predicted molar refractivity (Wildman–Crippen MR) is 143 cm³/mol. The predicted octanol–water partition coefficient (Wildman–Crippen LogP) is 5.26. The Balaban J connectivity index is 1.57. The van der Waals surface area contributed by atoms with Crippen LogP contribution in [-0.4, -0.2) is 24.3 Å². The number of nitrogens with zero attached hydrogens (tertiary/aromatic N) is 4. The van der Waals surface area contributed by atoms with E-state index < -0.39 is 11.2 Å². The summed E-state index contributed by atoms with van der Waals surface area (Å²) in [5.41, 5.74) is 4.26. The van der Waals surface area contributed by atoms with Crippen LogP contribution in [0.2, 0.25) is 5.02 Å². The average Bonchev–Trinajstić information content (AvgIpc) is 3.21. The summed E-state index contributed by atoms with van der Waals surface area (Å²) < 4.78 is 2.90. The Bertz CT molecular complexity index is 1930. The SMILES string of the molecule is Cc1nn(C)cc1-c1cccc(Cl)c1-c1ccc2c(=O)n(-c3cncc4ccccc34)c(=O)[nH]c2c1. The van der Waals surface area contributed by atoms with E-state index in [-0.39, 0.29) is 0 Å². The minimum Gasteiger partial charge on any atom is -0.306 e. The third-order valence-corrected chi connectivity index (χ3v) is 6.71. The lowest BCUT2D eigenvalue weighted by atomic mass is 9.94. The number of aryl methyl sites for hydroxylation is 2. The molecule has 0 atom stereocenters. The molecule has 8 heteroatoms. The monoisotopic (exact) mass is 493 g/mol. The van der Waals surface area contributed by atoms with Crippen LogP contribution in [-0.2, 0) is 7.05 Å². The van der Waals surface area contributed by atoms with Crippen molar-refractivity contribution in [2.75, 3.05) is 0 Å². The molecule has 0 amide bonds. The summed E-state index contributed by atoms with van der Waals surface area (Å²) in [7, 11) is 1.87. The number of benzene rings is 3. The second-order valence-corrected chi connectivity index (χ2v) is 9.08. The normalized spacial score (nSPS) is 11.4. The number of rotatable bonds is 3. The molecule has 0 aliphatic rings. The molecule has 0 spiro atoms. The van der Waals surface area contributed by atoms with Crippen LogP contribution in [0.3, 0.4) is 0 Å². The Morgan fingerprint density at radius 3 is 2.56 bits per heavy atom. The largest absolute Gasteiger partial charge is 0.333 e. The summed E-state index contributed by atoms with van der Waals surface area (Å²) in [6, 6.07) is 18.6. The summed E-state index contributed by atoms with van der Waals surface area (Å²) in [6.07, 6.45) is 5.19. The van der Waals surface area contributed by atoms with Crippen LogP contribution in [0.5, 0.6) is 0 Å². The molecule has 6 aromatic rings. The fourth-order valence-electron chi connectivity index (χ4n) is 4.78. The lowest BCUT2D eigenvalue weighted by Gasteiger charge is -2.13. The van der Waals surface area contributed by atoms with Crippen molar-refractivity contribution in [3.63, 3.8) is 0 Å². The molecular weight excluding hydrogens is 474 g/mol. The first-order valence-corrected chi connectivity index (χ1v) is 11.7. The van der Waals surface area contributed by atoms with Crippen LogP contribution in [0.15, 0.2) is 88.8 Å². The van der Waals surface area contributed by atoms with E-state index in [0.29, 0.717) is 21.6 Å². The van der Waals surface area contributed by atoms with Crippen LogP contribution in [0.1, 0.15) is 5.69 Å². The number of H-pyrrole nitrogens is 1. The fraction of sp³-hybridized carbons (Fsp3) is 0.0714. The highest BCUT2D eigenvalue weighted by molar-refractivity contribution is 6.34. The topological polar surface area (TPSA) is 85.6 Å². The van der Waals surface area contributed by atoms with Gasteiger partial charge in [-0.1, -0.05) is 54.1 Å². The Labute approximate surface area is 210 Å². The van der Waals surface area contributed by atoms with Crippen molar-refractivity contribution >= 4 is 33.3 Å². The number of halogens is 1. The highest BCUT2D eigenvalue weighted by Crippen LogP contribution is 2.39. The van der Waals surface area contributed by atoms with Gasteiger partial charge in [0.2, 0.25) is 0 Å². The van der Waals surface area contributed by atoms with Crippen molar-refractivity contribution in [1.29, 1.82) is 0 Å². The van der Waals surface area contributed by atoms with Gasteiger partial charge in [-0.2, -0.15) is 5.10 Å². The molecule has 36 heavy (non-hydrogen) atoms. The minimum absolute atomic E-state index is 0.387. The highest BCUT2D eigenvalue weighted by atomic mass is 35.5. The van der Waals surface area contributed by atoms with E-state index in [1.165, 1.54) is 6.20 Å². The summed E-state index contributed by atoms with van der Waals surface area (Å²) in [5.74, 6) is 0. The van der Waals surface area contributed by atoms with Gasteiger partial charge in [0.25, 0.3) is 5.56 Å². The summed E-state index contributed by atoms with van der Waals surface area (Å²) >= 11 is 6.68. The van der Waals surface area contributed by atoms with E-state index in [2.05, 4.69) is 15.1 Å². The molecule has 0 aliphatic carbocycles. The number of hydrogen-bond donors (Lipinski definition) is 1. The Morgan fingerprint density at radius 2 is 1.75 bits per heavy atom. The quantitative estimate of drug-likeness (QED) is 0.364. The first kappa shape index (κ1) is 22.0. The molecule has 0 aliphatic heterocycles. The molecule has 0 fully saturated rings. The molecule has 3 heterocycles. The van der Waals surface area contributed by atoms with Gasteiger partial charge >= 0.3 is 5.69 Å². The molecule has 3 aromatic carbocycles. The van der Waals surface area contributed by atoms with Gasteiger partial charge in [0.05, 0.1) is 28.5 Å². The van der Waals surface area contributed by atoms with Crippen molar-refractivity contribution in [1.82, 2.24) is 24.3 Å². The van der Waals surface area contributed by atoms with Crippen LogP contribution in [0.25, 0.3) is 49.6 Å². The van der Waals surface area contributed by atoms with Crippen molar-refractivity contribution in [3.8, 4) is 27.9 Å². The van der Waals surface area contributed by atoms with Gasteiger partial charge in [0, 0.05) is 46.4 Å². The molecule has 1 N–H and O–H groups in total. The molecule has 0 saturated carbocycles.